The van der Waals surface area contributed by atoms with E-state index in [0.717, 1.165) is 6.07 Å². The first-order valence-corrected chi connectivity index (χ1v) is 4.79. The van der Waals surface area contributed by atoms with Gasteiger partial charge < -0.3 is 5.32 Å². The number of nitrogens with zero attached hydrogens (tertiary/aromatic N) is 3. The summed E-state index contributed by atoms with van der Waals surface area (Å²) in [5.41, 5.74) is -0.245. The molecule has 7 heteroatoms. The smallest absolute Gasteiger partial charge is 0.182 e. The van der Waals surface area contributed by atoms with Gasteiger partial charge >= 0.3 is 0 Å². The van der Waals surface area contributed by atoms with E-state index in [-0.39, 0.29) is 12.2 Å². The van der Waals surface area contributed by atoms with E-state index in [4.69, 9.17) is 0 Å². The molecule has 1 aromatic heterocycles. The maximum absolute atomic E-state index is 13.3. The Morgan fingerprint density at radius 2 is 2.06 bits per heavy atom. The van der Waals surface area contributed by atoms with Crippen molar-refractivity contribution in [2.24, 2.45) is 7.05 Å². The Morgan fingerprint density at radius 3 is 2.71 bits per heavy atom. The summed E-state index contributed by atoms with van der Waals surface area (Å²) in [5.74, 6) is -2.67. The van der Waals surface area contributed by atoms with E-state index in [1.54, 1.807) is 7.05 Å². The van der Waals surface area contributed by atoms with E-state index in [0.29, 0.717) is 11.9 Å². The van der Waals surface area contributed by atoms with Crippen molar-refractivity contribution in [3.05, 3.63) is 41.7 Å². The fourth-order valence-corrected chi connectivity index (χ4v) is 1.34. The monoisotopic (exact) mass is 242 g/mol. The highest BCUT2D eigenvalue weighted by Gasteiger charge is 2.11. The molecule has 1 aromatic carbocycles. The molecule has 1 N–H and O–H groups in total. The normalized spacial score (nSPS) is 10.6. The van der Waals surface area contributed by atoms with Crippen LogP contribution in [0.15, 0.2) is 18.5 Å². The van der Waals surface area contributed by atoms with Crippen molar-refractivity contribution in [1.82, 2.24) is 14.8 Å². The molecule has 2 rings (SSSR count). The zero-order valence-electron chi connectivity index (χ0n) is 8.91. The Bertz CT molecular complexity index is 538. The maximum Gasteiger partial charge on any atom is 0.182 e. The van der Waals surface area contributed by atoms with Crippen LogP contribution in [0.5, 0.6) is 0 Å². The molecule has 2 aromatic rings. The molecule has 0 saturated carbocycles. The van der Waals surface area contributed by atoms with Crippen LogP contribution in [-0.4, -0.2) is 14.8 Å². The van der Waals surface area contributed by atoms with Gasteiger partial charge in [-0.05, 0) is 0 Å². The molecule has 0 atom stereocenters. The van der Waals surface area contributed by atoms with E-state index < -0.39 is 17.5 Å². The number of benzene rings is 1. The fourth-order valence-electron chi connectivity index (χ4n) is 1.34. The number of halogens is 3. The van der Waals surface area contributed by atoms with Crippen LogP contribution in [0, 0.1) is 17.5 Å². The second-order valence-electron chi connectivity index (χ2n) is 3.40. The molecule has 90 valence electrons. The molecule has 4 nitrogen and oxygen atoms in total. The molecule has 17 heavy (non-hydrogen) atoms. The van der Waals surface area contributed by atoms with Gasteiger partial charge in [0, 0.05) is 19.2 Å². The number of anilines is 1. The highest BCUT2D eigenvalue weighted by Crippen LogP contribution is 2.19. The van der Waals surface area contributed by atoms with Gasteiger partial charge in [-0.1, -0.05) is 0 Å². The SMILES string of the molecule is Cn1ncnc1CNc1cc(F)cc(F)c1F. The average molecular weight is 242 g/mol. The molecule has 0 aliphatic heterocycles. The third kappa shape index (κ3) is 2.38. The van der Waals surface area contributed by atoms with E-state index >= 15 is 0 Å². The van der Waals surface area contributed by atoms with Gasteiger partial charge in [0.1, 0.15) is 18.0 Å². The standard InChI is InChI=1S/C10H9F3N4/c1-17-9(15-5-16-17)4-14-8-3-6(11)2-7(12)10(8)13/h2-3,5,14H,4H2,1H3. The summed E-state index contributed by atoms with van der Waals surface area (Å²) in [6.07, 6.45) is 1.33. The van der Waals surface area contributed by atoms with Crippen LogP contribution in [0.2, 0.25) is 0 Å². The molecule has 0 radical (unpaired) electrons. The Morgan fingerprint density at radius 1 is 1.29 bits per heavy atom. The van der Waals surface area contributed by atoms with Crippen molar-refractivity contribution < 1.29 is 13.2 Å². The molecule has 0 aliphatic rings. The highest BCUT2D eigenvalue weighted by molar-refractivity contribution is 5.45. The lowest BCUT2D eigenvalue weighted by atomic mass is 10.3. The van der Waals surface area contributed by atoms with Gasteiger partial charge in [0.2, 0.25) is 0 Å². The number of hydrogen-bond donors (Lipinski definition) is 1. The summed E-state index contributed by atoms with van der Waals surface area (Å²) < 4.78 is 40.5. The van der Waals surface area contributed by atoms with Crippen LogP contribution < -0.4 is 5.32 Å². The van der Waals surface area contributed by atoms with E-state index in [9.17, 15) is 13.2 Å². The van der Waals surface area contributed by atoms with Gasteiger partial charge in [0.05, 0.1) is 12.2 Å². The Labute approximate surface area is 95.1 Å². The number of rotatable bonds is 3. The first kappa shape index (κ1) is 11.4. The quantitative estimate of drug-likeness (QED) is 0.835. The largest absolute Gasteiger partial charge is 0.375 e. The molecule has 0 fully saturated rings. The van der Waals surface area contributed by atoms with Crippen molar-refractivity contribution in [1.29, 1.82) is 0 Å². The molecule has 1 heterocycles. The molecule has 0 aliphatic carbocycles. The first-order chi connectivity index (χ1) is 8.08. The average Bonchev–Trinajstić information content (AvgIpc) is 2.67. The van der Waals surface area contributed by atoms with E-state index in [2.05, 4.69) is 15.4 Å². The molecule has 0 amide bonds. The fraction of sp³-hybridized carbons (Fsp3) is 0.200. The number of aryl methyl sites for hydroxylation is 1. The minimum Gasteiger partial charge on any atom is -0.375 e. The first-order valence-electron chi connectivity index (χ1n) is 4.79. The second-order valence-corrected chi connectivity index (χ2v) is 3.40. The van der Waals surface area contributed by atoms with Crippen molar-refractivity contribution in [2.45, 2.75) is 6.54 Å². The number of aromatic nitrogens is 3. The third-order valence-electron chi connectivity index (χ3n) is 2.24. The van der Waals surface area contributed by atoms with Crippen molar-refractivity contribution in [3.63, 3.8) is 0 Å². The van der Waals surface area contributed by atoms with E-state index in [1.165, 1.54) is 11.0 Å². The molecule has 0 unspecified atom stereocenters. The van der Waals surface area contributed by atoms with Crippen LogP contribution in [-0.2, 0) is 13.6 Å². The van der Waals surface area contributed by atoms with Gasteiger partial charge in [0.15, 0.2) is 11.6 Å². The minimum atomic E-state index is -1.23. The van der Waals surface area contributed by atoms with Crippen molar-refractivity contribution in [2.75, 3.05) is 5.32 Å². The summed E-state index contributed by atoms with van der Waals surface area (Å²) in [5, 5.41) is 6.37. The predicted molar refractivity (Wildman–Crippen MR) is 54.6 cm³/mol. The lowest BCUT2D eigenvalue weighted by Crippen LogP contribution is -2.08. The summed E-state index contributed by atoms with van der Waals surface area (Å²) in [6.45, 7) is 0.121. The second kappa shape index (κ2) is 4.44. The van der Waals surface area contributed by atoms with Gasteiger partial charge in [-0.15, -0.1) is 0 Å². The number of nitrogens with one attached hydrogen (secondary N) is 1. The van der Waals surface area contributed by atoms with Crippen LogP contribution in [0.3, 0.4) is 0 Å². The molecular weight excluding hydrogens is 233 g/mol. The highest BCUT2D eigenvalue weighted by atomic mass is 19.2. The van der Waals surface area contributed by atoms with Crippen LogP contribution in [0.4, 0.5) is 18.9 Å². The molecule has 0 saturated heterocycles. The predicted octanol–water partition coefficient (Wildman–Crippen LogP) is 1.84. The van der Waals surface area contributed by atoms with Gasteiger partial charge in [0.25, 0.3) is 0 Å². The molecular formula is C10H9F3N4. The van der Waals surface area contributed by atoms with Crippen LogP contribution in [0.1, 0.15) is 5.82 Å². The van der Waals surface area contributed by atoms with Crippen molar-refractivity contribution >= 4 is 5.69 Å². The maximum atomic E-state index is 13.3. The van der Waals surface area contributed by atoms with Gasteiger partial charge in [-0.25, -0.2) is 18.2 Å². The Balaban J connectivity index is 2.17. The summed E-state index contributed by atoms with van der Waals surface area (Å²) in [6, 6.07) is 1.37. The lowest BCUT2D eigenvalue weighted by Gasteiger charge is -2.07. The minimum absolute atomic E-state index is 0.121. The van der Waals surface area contributed by atoms with Gasteiger partial charge in [-0.3, -0.25) is 4.68 Å². The van der Waals surface area contributed by atoms with Gasteiger partial charge in [-0.2, -0.15) is 5.10 Å². The summed E-state index contributed by atoms with van der Waals surface area (Å²) in [4.78, 5) is 3.88. The molecule has 0 bridgehead atoms. The van der Waals surface area contributed by atoms with Crippen LogP contribution in [0.25, 0.3) is 0 Å². The Kier molecular flexibility index (Phi) is 2.99. The zero-order chi connectivity index (χ0) is 12.4. The van der Waals surface area contributed by atoms with E-state index in [1.807, 2.05) is 0 Å². The lowest BCUT2D eigenvalue weighted by molar-refractivity contribution is 0.497. The zero-order valence-corrected chi connectivity index (χ0v) is 8.91. The van der Waals surface area contributed by atoms with Crippen molar-refractivity contribution in [3.8, 4) is 0 Å². The summed E-state index contributed by atoms with van der Waals surface area (Å²) in [7, 11) is 1.66. The number of hydrogen-bond acceptors (Lipinski definition) is 3. The summed E-state index contributed by atoms with van der Waals surface area (Å²) >= 11 is 0. The third-order valence-corrected chi connectivity index (χ3v) is 2.24. The molecule has 0 spiro atoms. The topological polar surface area (TPSA) is 42.7 Å². The van der Waals surface area contributed by atoms with Crippen LogP contribution >= 0.6 is 0 Å². The Hall–Kier alpha value is -2.05.